The number of anilines is 1. The van der Waals surface area contributed by atoms with Crippen LogP contribution in [0.4, 0.5) is 19.0 Å². The van der Waals surface area contributed by atoms with Crippen LogP contribution in [-0.4, -0.2) is 33.8 Å². The number of nitrogens with one attached hydrogen (secondary N) is 1. The van der Waals surface area contributed by atoms with Crippen LogP contribution in [0.3, 0.4) is 0 Å². The van der Waals surface area contributed by atoms with Crippen LogP contribution < -0.4 is 15.6 Å². The molecule has 1 aliphatic rings. The van der Waals surface area contributed by atoms with Crippen LogP contribution in [0.5, 0.6) is 0 Å². The molecule has 1 aromatic carbocycles. The zero-order valence-electron chi connectivity index (χ0n) is 17.9. The minimum absolute atomic E-state index is 0.0975. The van der Waals surface area contributed by atoms with Gasteiger partial charge in [-0.15, -0.1) is 0 Å². The highest BCUT2D eigenvalue weighted by atomic mass is 19.4. The van der Waals surface area contributed by atoms with E-state index >= 15 is 0 Å². The molecule has 0 unspecified atom stereocenters. The Morgan fingerprint density at radius 2 is 1.85 bits per heavy atom. The average Bonchev–Trinajstić information content (AvgIpc) is 3.32. The van der Waals surface area contributed by atoms with Gasteiger partial charge in [-0.2, -0.15) is 18.3 Å². The zero-order valence-corrected chi connectivity index (χ0v) is 17.9. The Balaban J connectivity index is 1.55. The Morgan fingerprint density at radius 1 is 1.12 bits per heavy atom. The van der Waals surface area contributed by atoms with Gasteiger partial charge in [-0.3, -0.25) is 9.59 Å². The normalized spacial score (nSPS) is 13.9. The van der Waals surface area contributed by atoms with Crippen molar-refractivity contribution in [2.45, 2.75) is 32.5 Å². The summed E-state index contributed by atoms with van der Waals surface area (Å²) in [4.78, 5) is 31.6. The van der Waals surface area contributed by atoms with Gasteiger partial charge in [-0.05, 0) is 43.5 Å². The molecule has 1 amide bonds. The van der Waals surface area contributed by atoms with E-state index < -0.39 is 28.8 Å². The van der Waals surface area contributed by atoms with Gasteiger partial charge < -0.3 is 10.2 Å². The van der Waals surface area contributed by atoms with E-state index in [4.69, 9.17) is 0 Å². The van der Waals surface area contributed by atoms with Crippen molar-refractivity contribution in [3.63, 3.8) is 0 Å². The third kappa shape index (κ3) is 4.89. The van der Waals surface area contributed by atoms with E-state index in [9.17, 15) is 22.8 Å². The largest absolute Gasteiger partial charge is 0.418 e. The van der Waals surface area contributed by atoms with E-state index in [2.05, 4.69) is 20.3 Å². The number of aryl methyl sites for hydroxylation is 1. The second kappa shape index (κ2) is 9.05. The Bertz CT molecular complexity index is 1220. The number of halogens is 3. The molecule has 1 aliphatic heterocycles. The van der Waals surface area contributed by atoms with Gasteiger partial charge in [-0.25, -0.2) is 9.67 Å². The number of pyridine rings is 1. The van der Waals surface area contributed by atoms with Crippen LogP contribution in [-0.2, 0) is 12.7 Å². The highest BCUT2D eigenvalue weighted by Crippen LogP contribution is 2.33. The number of aromatic nitrogens is 3. The first-order chi connectivity index (χ1) is 15.7. The Labute approximate surface area is 187 Å². The summed E-state index contributed by atoms with van der Waals surface area (Å²) in [6, 6.07) is 9.67. The van der Waals surface area contributed by atoms with Crippen molar-refractivity contribution in [2.75, 3.05) is 18.0 Å². The third-order valence-electron chi connectivity index (χ3n) is 5.45. The molecule has 33 heavy (non-hydrogen) atoms. The van der Waals surface area contributed by atoms with Crippen molar-refractivity contribution in [3.05, 3.63) is 81.4 Å². The molecule has 0 spiro atoms. The highest BCUT2D eigenvalue weighted by molar-refractivity contribution is 5.92. The lowest BCUT2D eigenvalue weighted by molar-refractivity contribution is -0.137. The molecule has 1 N–H and O–H groups in total. The topological polar surface area (TPSA) is 80.1 Å². The number of carbonyl (C=O) groups excluding carboxylic acids is 1. The maximum atomic E-state index is 13.4. The standard InChI is InChI=1S/C23H22F3N5O2/c1-15-12-19(32)21(29-31(15)18-7-3-2-6-17(18)23(24,25)26)22(33)28-14-16-8-9-20(27-13-16)30-10-4-5-11-30/h2-3,6-9,12-13H,4-5,10-11,14H2,1H3,(H,28,33). The van der Waals surface area contributed by atoms with Crippen LogP contribution in [0.2, 0.25) is 0 Å². The summed E-state index contributed by atoms with van der Waals surface area (Å²) in [6.07, 6.45) is -0.707. The Kier molecular flexibility index (Phi) is 6.17. The summed E-state index contributed by atoms with van der Waals surface area (Å²) in [5, 5.41) is 6.56. The van der Waals surface area contributed by atoms with Crippen LogP contribution in [0.25, 0.3) is 5.69 Å². The number of carbonyl (C=O) groups is 1. The van der Waals surface area contributed by atoms with Crippen LogP contribution >= 0.6 is 0 Å². The molecule has 3 aromatic rings. The fraction of sp³-hybridized carbons (Fsp3) is 0.304. The molecule has 0 radical (unpaired) electrons. The number of alkyl halides is 3. The maximum absolute atomic E-state index is 13.4. The molecule has 0 saturated carbocycles. The van der Waals surface area contributed by atoms with E-state index in [0.717, 1.165) is 54.1 Å². The molecule has 0 atom stereocenters. The van der Waals surface area contributed by atoms with E-state index in [1.807, 2.05) is 12.1 Å². The minimum atomic E-state index is -4.62. The van der Waals surface area contributed by atoms with Crippen molar-refractivity contribution in [2.24, 2.45) is 0 Å². The van der Waals surface area contributed by atoms with E-state index in [-0.39, 0.29) is 17.9 Å². The molecule has 7 nitrogen and oxygen atoms in total. The molecule has 3 heterocycles. The maximum Gasteiger partial charge on any atom is 0.418 e. The SMILES string of the molecule is Cc1cc(=O)c(C(=O)NCc2ccc(N3CCCC3)nc2)nn1-c1ccccc1C(F)(F)F. The molecule has 1 saturated heterocycles. The van der Waals surface area contributed by atoms with Gasteiger partial charge in [0.05, 0.1) is 11.3 Å². The molecule has 0 aliphatic carbocycles. The number of hydrogen-bond donors (Lipinski definition) is 1. The second-order valence-corrected chi connectivity index (χ2v) is 7.83. The van der Waals surface area contributed by atoms with E-state index in [0.29, 0.717) is 0 Å². The number of benzene rings is 1. The smallest absolute Gasteiger partial charge is 0.357 e. The summed E-state index contributed by atoms with van der Waals surface area (Å²) in [5.41, 5.74) is -1.44. The molecule has 4 rings (SSSR count). The van der Waals surface area contributed by atoms with Crippen LogP contribution in [0.15, 0.2) is 53.5 Å². The zero-order chi connectivity index (χ0) is 23.6. The van der Waals surface area contributed by atoms with Crippen molar-refractivity contribution >= 4 is 11.7 Å². The monoisotopic (exact) mass is 457 g/mol. The molecule has 172 valence electrons. The predicted octanol–water partition coefficient (Wildman–Crippen LogP) is 3.48. The molecular weight excluding hydrogens is 435 g/mol. The number of hydrogen-bond acceptors (Lipinski definition) is 5. The Morgan fingerprint density at radius 3 is 2.52 bits per heavy atom. The Hall–Kier alpha value is -3.69. The fourth-order valence-electron chi connectivity index (χ4n) is 3.77. The molecular formula is C23H22F3N5O2. The van der Waals surface area contributed by atoms with Gasteiger partial charge in [0.2, 0.25) is 5.43 Å². The van der Waals surface area contributed by atoms with Gasteiger partial charge in [0.15, 0.2) is 5.69 Å². The summed E-state index contributed by atoms with van der Waals surface area (Å²) in [6.45, 7) is 3.48. The number of nitrogens with zero attached hydrogens (tertiary/aromatic N) is 4. The van der Waals surface area contributed by atoms with Crippen molar-refractivity contribution in [1.29, 1.82) is 0 Å². The molecule has 10 heteroatoms. The molecule has 2 aromatic heterocycles. The first kappa shape index (κ1) is 22.5. The lowest BCUT2D eigenvalue weighted by atomic mass is 10.1. The number of para-hydroxylation sites is 1. The van der Waals surface area contributed by atoms with Gasteiger partial charge in [0.25, 0.3) is 5.91 Å². The van der Waals surface area contributed by atoms with Crippen molar-refractivity contribution in [1.82, 2.24) is 20.1 Å². The van der Waals surface area contributed by atoms with Gasteiger partial charge >= 0.3 is 6.18 Å². The van der Waals surface area contributed by atoms with Gasteiger partial charge in [0.1, 0.15) is 5.82 Å². The lowest BCUT2D eigenvalue weighted by Crippen LogP contribution is -2.32. The minimum Gasteiger partial charge on any atom is -0.357 e. The fourth-order valence-corrected chi connectivity index (χ4v) is 3.77. The van der Waals surface area contributed by atoms with Crippen LogP contribution in [0, 0.1) is 6.92 Å². The predicted molar refractivity (Wildman–Crippen MR) is 116 cm³/mol. The van der Waals surface area contributed by atoms with Crippen molar-refractivity contribution in [3.8, 4) is 5.69 Å². The summed E-state index contributed by atoms with van der Waals surface area (Å²) in [5.74, 6) is 0.0934. The second-order valence-electron chi connectivity index (χ2n) is 7.83. The lowest BCUT2D eigenvalue weighted by Gasteiger charge is -2.17. The summed E-state index contributed by atoms with van der Waals surface area (Å²) >= 11 is 0. The highest BCUT2D eigenvalue weighted by Gasteiger charge is 2.34. The van der Waals surface area contributed by atoms with Crippen LogP contribution in [0.1, 0.15) is 40.2 Å². The molecule has 1 fully saturated rings. The van der Waals surface area contributed by atoms with Crippen molar-refractivity contribution < 1.29 is 18.0 Å². The number of rotatable bonds is 5. The molecule has 0 bridgehead atoms. The van der Waals surface area contributed by atoms with Gasteiger partial charge in [-0.1, -0.05) is 18.2 Å². The van der Waals surface area contributed by atoms with E-state index in [1.54, 1.807) is 6.20 Å². The first-order valence-corrected chi connectivity index (χ1v) is 10.5. The number of amides is 1. The van der Waals surface area contributed by atoms with E-state index in [1.165, 1.54) is 25.1 Å². The third-order valence-corrected chi connectivity index (χ3v) is 5.45. The average molecular weight is 457 g/mol. The quantitative estimate of drug-likeness (QED) is 0.635. The summed E-state index contributed by atoms with van der Waals surface area (Å²) in [7, 11) is 0. The van der Waals surface area contributed by atoms with Gasteiger partial charge in [0, 0.05) is 37.6 Å². The first-order valence-electron chi connectivity index (χ1n) is 10.5. The summed E-state index contributed by atoms with van der Waals surface area (Å²) < 4.78 is 41.3.